The van der Waals surface area contributed by atoms with Gasteiger partial charge in [0.15, 0.2) is 0 Å². The molecule has 0 radical (unpaired) electrons. The molecule has 106 valence electrons. The van der Waals surface area contributed by atoms with Gasteiger partial charge >= 0.3 is 5.97 Å². The van der Waals surface area contributed by atoms with Gasteiger partial charge in [0.1, 0.15) is 0 Å². The maximum atomic E-state index is 11.4. The molecule has 5 heteroatoms. The smallest absolute Gasteiger partial charge is 0.310 e. The molecule has 0 saturated carbocycles. The average Bonchev–Trinajstić information content (AvgIpc) is 2.39. The van der Waals surface area contributed by atoms with Crippen molar-refractivity contribution in [3.8, 4) is 0 Å². The van der Waals surface area contributed by atoms with Crippen LogP contribution in [-0.4, -0.2) is 17.6 Å². The van der Waals surface area contributed by atoms with E-state index in [-0.39, 0.29) is 0 Å². The van der Waals surface area contributed by atoms with Gasteiger partial charge < -0.3 is 10.4 Å². The zero-order valence-electron chi connectivity index (χ0n) is 11.2. The second-order valence-electron chi connectivity index (χ2n) is 4.61. The number of benzene rings is 1. The predicted molar refractivity (Wildman–Crippen MR) is 78.8 cm³/mol. The largest absolute Gasteiger partial charge is 0.481 e. The number of halogens is 2. The lowest BCUT2D eigenvalue weighted by molar-refractivity contribution is -0.149. The molecular weight excluding hydrogens is 285 g/mol. The monoisotopic (exact) mass is 303 g/mol. The Labute approximate surface area is 123 Å². The van der Waals surface area contributed by atoms with Crippen LogP contribution >= 0.6 is 23.2 Å². The fourth-order valence-corrected chi connectivity index (χ4v) is 2.39. The molecule has 1 aromatic carbocycles. The standard InChI is InChI=1S/C14H19Cl2NO2/c1-3-14(4-2,13(18)19)9-17-8-10-6-5-7-11(15)12(10)16/h5-7,17H,3-4,8-9H2,1-2H3,(H,18,19). The number of rotatable bonds is 7. The minimum absolute atomic E-state index is 0.415. The van der Waals surface area contributed by atoms with Gasteiger partial charge in [-0.2, -0.15) is 0 Å². The van der Waals surface area contributed by atoms with Gasteiger partial charge in [-0.15, -0.1) is 0 Å². The van der Waals surface area contributed by atoms with Crippen LogP contribution < -0.4 is 5.32 Å². The Morgan fingerprint density at radius 1 is 1.32 bits per heavy atom. The summed E-state index contributed by atoms with van der Waals surface area (Å²) in [5, 5.41) is 13.5. The number of hydrogen-bond donors (Lipinski definition) is 2. The van der Waals surface area contributed by atoms with E-state index in [0.29, 0.717) is 36.0 Å². The van der Waals surface area contributed by atoms with Gasteiger partial charge in [0.25, 0.3) is 0 Å². The van der Waals surface area contributed by atoms with E-state index in [1.54, 1.807) is 6.07 Å². The lowest BCUT2D eigenvalue weighted by Gasteiger charge is -2.27. The van der Waals surface area contributed by atoms with Crippen LogP contribution in [0.3, 0.4) is 0 Å². The van der Waals surface area contributed by atoms with E-state index in [1.165, 1.54) is 0 Å². The van der Waals surface area contributed by atoms with Crippen molar-refractivity contribution in [3.05, 3.63) is 33.8 Å². The molecule has 0 fully saturated rings. The number of carbonyl (C=O) groups is 1. The van der Waals surface area contributed by atoms with Crippen LogP contribution in [0.4, 0.5) is 0 Å². The number of hydrogen-bond acceptors (Lipinski definition) is 2. The highest BCUT2D eigenvalue weighted by Gasteiger charge is 2.34. The predicted octanol–water partition coefficient (Wildman–Crippen LogP) is 3.97. The summed E-state index contributed by atoms with van der Waals surface area (Å²) in [6.45, 7) is 4.71. The molecule has 2 N–H and O–H groups in total. The van der Waals surface area contributed by atoms with Crippen molar-refractivity contribution in [2.45, 2.75) is 33.2 Å². The van der Waals surface area contributed by atoms with Crippen molar-refractivity contribution >= 4 is 29.2 Å². The van der Waals surface area contributed by atoms with E-state index >= 15 is 0 Å². The zero-order chi connectivity index (χ0) is 14.5. The minimum atomic E-state index is -0.762. The number of nitrogens with one attached hydrogen (secondary N) is 1. The normalized spacial score (nSPS) is 11.6. The zero-order valence-corrected chi connectivity index (χ0v) is 12.7. The molecule has 0 aliphatic carbocycles. The first-order chi connectivity index (χ1) is 8.96. The summed E-state index contributed by atoms with van der Waals surface area (Å²) in [5.74, 6) is -0.762. The summed E-state index contributed by atoms with van der Waals surface area (Å²) in [6.07, 6.45) is 1.18. The molecule has 0 heterocycles. The summed E-state index contributed by atoms with van der Waals surface area (Å²) < 4.78 is 0. The molecular formula is C14H19Cl2NO2. The van der Waals surface area contributed by atoms with Gasteiger partial charge in [-0.25, -0.2) is 0 Å². The number of carboxylic acids is 1. The molecule has 0 aliphatic heterocycles. The Morgan fingerprint density at radius 3 is 2.47 bits per heavy atom. The van der Waals surface area contributed by atoms with Crippen LogP contribution in [0.1, 0.15) is 32.3 Å². The second-order valence-corrected chi connectivity index (χ2v) is 5.39. The van der Waals surface area contributed by atoms with Crippen LogP contribution in [0.25, 0.3) is 0 Å². The molecule has 1 aromatic rings. The molecule has 1 rings (SSSR count). The van der Waals surface area contributed by atoms with Crippen LogP contribution in [0.5, 0.6) is 0 Å². The first-order valence-corrected chi connectivity index (χ1v) is 7.09. The molecule has 19 heavy (non-hydrogen) atoms. The van der Waals surface area contributed by atoms with Gasteiger partial charge in [0.2, 0.25) is 0 Å². The second kappa shape index (κ2) is 7.13. The molecule has 3 nitrogen and oxygen atoms in total. The lowest BCUT2D eigenvalue weighted by Crippen LogP contribution is -2.40. The van der Waals surface area contributed by atoms with E-state index in [0.717, 1.165) is 5.56 Å². The van der Waals surface area contributed by atoms with E-state index in [9.17, 15) is 9.90 Å². The van der Waals surface area contributed by atoms with Crippen LogP contribution in [-0.2, 0) is 11.3 Å². The third kappa shape index (κ3) is 3.85. The average molecular weight is 304 g/mol. The Bertz CT molecular complexity index is 445. The minimum Gasteiger partial charge on any atom is -0.481 e. The summed E-state index contributed by atoms with van der Waals surface area (Å²) in [4.78, 5) is 11.4. The first kappa shape index (κ1) is 16.3. The summed E-state index contributed by atoms with van der Waals surface area (Å²) >= 11 is 12.0. The van der Waals surface area contributed by atoms with Crippen LogP contribution in [0.2, 0.25) is 10.0 Å². The van der Waals surface area contributed by atoms with Crippen molar-refractivity contribution in [1.82, 2.24) is 5.32 Å². The van der Waals surface area contributed by atoms with E-state index in [2.05, 4.69) is 5.32 Å². The molecule has 0 atom stereocenters. The van der Waals surface area contributed by atoms with Gasteiger partial charge in [0, 0.05) is 13.1 Å². The molecule has 0 unspecified atom stereocenters. The van der Waals surface area contributed by atoms with Crippen molar-refractivity contribution in [3.63, 3.8) is 0 Å². The highest BCUT2D eigenvalue weighted by molar-refractivity contribution is 6.42. The van der Waals surface area contributed by atoms with Gasteiger partial charge in [-0.3, -0.25) is 4.79 Å². The molecule has 0 bridgehead atoms. The van der Waals surface area contributed by atoms with E-state index in [4.69, 9.17) is 23.2 Å². The Balaban J connectivity index is 2.67. The maximum absolute atomic E-state index is 11.4. The fraction of sp³-hybridized carbons (Fsp3) is 0.500. The van der Waals surface area contributed by atoms with Crippen molar-refractivity contribution in [2.75, 3.05) is 6.54 Å². The van der Waals surface area contributed by atoms with Crippen molar-refractivity contribution in [2.24, 2.45) is 5.41 Å². The SMILES string of the molecule is CCC(CC)(CNCc1cccc(Cl)c1Cl)C(=O)O. The van der Waals surface area contributed by atoms with Gasteiger partial charge in [-0.05, 0) is 24.5 Å². The number of carboxylic acid groups (broad SMARTS) is 1. The molecule has 0 spiro atoms. The molecule has 0 aliphatic rings. The Hall–Kier alpha value is -0.770. The van der Waals surface area contributed by atoms with Crippen molar-refractivity contribution in [1.29, 1.82) is 0 Å². The van der Waals surface area contributed by atoms with Gasteiger partial charge in [0.05, 0.1) is 15.5 Å². The van der Waals surface area contributed by atoms with Crippen molar-refractivity contribution < 1.29 is 9.90 Å². The number of aliphatic carboxylic acids is 1. The summed E-state index contributed by atoms with van der Waals surface area (Å²) in [5.41, 5.74) is 0.158. The highest BCUT2D eigenvalue weighted by atomic mass is 35.5. The Kier molecular flexibility index (Phi) is 6.11. The molecule has 0 amide bonds. The quantitative estimate of drug-likeness (QED) is 0.801. The van der Waals surface area contributed by atoms with Crippen LogP contribution in [0, 0.1) is 5.41 Å². The lowest BCUT2D eigenvalue weighted by atomic mass is 9.82. The van der Waals surface area contributed by atoms with E-state index in [1.807, 2.05) is 26.0 Å². The summed E-state index contributed by atoms with van der Waals surface area (Å²) in [6, 6.07) is 5.43. The summed E-state index contributed by atoms with van der Waals surface area (Å²) in [7, 11) is 0. The maximum Gasteiger partial charge on any atom is 0.310 e. The molecule has 0 saturated heterocycles. The fourth-order valence-electron chi connectivity index (χ4n) is 2.00. The highest BCUT2D eigenvalue weighted by Crippen LogP contribution is 2.27. The van der Waals surface area contributed by atoms with Gasteiger partial charge in [-0.1, -0.05) is 49.2 Å². The van der Waals surface area contributed by atoms with Crippen LogP contribution in [0.15, 0.2) is 18.2 Å². The van der Waals surface area contributed by atoms with E-state index < -0.39 is 11.4 Å². The third-order valence-corrected chi connectivity index (χ3v) is 4.48. The topological polar surface area (TPSA) is 49.3 Å². The third-order valence-electron chi connectivity index (χ3n) is 3.62. The Morgan fingerprint density at radius 2 is 1.95 bits per heavy atom. The molecule has 0 aromatic heterocycles. The first-order valence-electron chi connectivity index (χ1n) is 6.34.